The SMILES string of the molecule is CCO/C=C1\CCCC2(CCCC2)C1=O. The van der Waals surface area contributed by atoms with Gasteiger partial charge in [0.15, 0.2) is 5.78 Å². The number of allylic oxidation sites excluding steroid dienone is 1. The Morgan fingerprint density at radius 1 is 1.27 bits per heavy atom. The summed E-state index contributed by atoms with van der Waals surface area (Å²) < 4.78 is 5.26. The molecular weight excluding hydrogens is 188 g/mol. The zero-order valence-corrected chi connectivity index (χ0v) is 9.55. The van der Waals surface area contributed by atoms with Crippen molar-refractivity contribution >= 4 is 5.78 Å². The molecule has 2 saturated carbocycles. The van der Waals surface area contributed by atoms with E-state index in [0.717, 1.165) is 37.7 Å². The number of hydrogen-bond donors (Lipinski definition) is 0. The normalized spacial score (nSPS) is 27.5. The third kappa shape index (κ3) is 1.95. The van der Waals surface area contributed by atoms with Gasteiger partial charge in [-0.1, -0.05) is 12.8 Å². The molecule has 2 rings (SSSR count). The summed E-state index contributed by atoms with van der Waals surface area (Å²) in [5.41, 5.74) is 0.950. The molecule has 0 aliphatic heterocycles. The summed E-state index contributed by atoms with van der Waals surface area (Å²) in [4.78, 5) is 12.3. The van der Waals surface area contributed by atoms with Crippen molar-refractivity contribution in [1.29, 1.82) is 0 Å². The van der Waals surface area contributed by atoms with Gasteiger partial charge in [-0.2, -0.15) is 0 Å². The molecule has 0 unspecified atom stereocenters. The first-order valence-electron chi connectivity index (χ1n) is 6.14. The van der Waals surface area contributed by atoms with Crippen molar-refractivity contribution in [3.05, 3.63) is 11.8 Å². The molecule has 0 bridgehead atoms. The van der Waals surface area contributed by atoms with Crippen LogP contribution in [-0.4, -0.2) is 12.4 Å². The highest BCUT2D eigenvalue weighted by molar-refractivity contribution is 6.00. The van der Waals surface area contributed by atoms with Crippen molar-refractivity contribution in [1.82, 2.24) is 0 Å². The average molecular weight is 208 g/mol. The highest BCUT2D eigenvalue weighted by Crippen LogP contribution is 2.48. The van der Waals surface area contributed by atoms with Crippen LogP contribution in [0.15, 0.2) is 11.8 Å². The number of rotatable bonds is 2. The van der Waals surface area contributed by atoms with Crippen LogP contribution in [0, 0.1) is 5.41 Å². The molecule has 2 aliphatic carbocycles. The minimum atomic E-state index is 0.0151. The molecule has 15 heavy (non-hydrogen) atoms. The molecule has 2 nitrogen and oxygen atoms in total. The zero-order valence-electron chi connectivity index (χ0n) is 9.55. The Hall–Kier alpha value is -0.790. The number of Topliss-reactive ketones (excluding diaryl/α,β-unsaturated/α-hetero) is 1. The molecule has 0 saturated heterocycles. The van der Waals surface area contributed by atoms with E-state index in [1.54, 1.807) is 6.26 Å². The Bertz CT molecular complexity index is 272. The van der Waals surface area contributed by atoms with Crippen molar-refractivity contribution in [3.8, 4) is 0 Å². The van der Waals surface area contributed by atoms with Crippen LogP contribution in [0.5, 0.6) is 0 Å². The van der Waals surface area contributed by atoms with Crippen molar-refractivity contribution in [3.63, 3.8) is 0 Å². The third-order valence-corrected chi connectivity index (χ3v) is 3.83. The number of ether oxygens (including phenoxy) is 1. The van der Waals surface area contributed by atoms with E-state index in [0.29, 0.717) is 12.4 Å². The van der Waals surface area contributed by atoms with E-state index in [1.165, 1.54) is 12.8 Å². The standard InChI is InChI=1S/C13H20O2/c1-2-15-10-11-6-5-9-13(12(11)14)7-3-4-8-13/h10H,2-9H2,1H3/b11-10+. The second-order valence-electron chi connectivity index (χ2n) is 4.77. The summed E-state index contributed by atoms with van der Waals surface area (Å²) in [7, 11) is 0. The first-order valence-corrected chi connectivity index (χ1v) is 6.14. The molecular formula is C13H20O2. The molecule has 2 heteroatoms. The van der Waals surface area contributed by atoms with E-state index in [4.69, 9.17) is 4.74 Å². The van der Waals surface area contributed by atoms with E-state index >= 15 is 0 Å². The topological polar surface area (TPSA) is 26.3 Å². The average Bonchev–Trinajstić information content (AvgIpc) is 2.70. The quantitative estimate of drug-likeness (QED) is 0.514. The third-order valence-electron chi connectivity index (χ3n) is 3.83. The fourth-order valence-corrected chi connectivity index (χ4v) is 3.01. The van der Waals surface area contributed by atoms with Crippen molar-refractivity contribution in [2.24, 2.45) is 5.41 Å². The molecule has 0 N–H and O–H groups in total. The Kier molecular flexibility index (Phi) is 3.13. The molecule has 0 aromatic heterocycles. The fraction of sp³-hybridized carbons (Fsp3) is 0.769. The number of carbonyl (C=O) groups excluding carboxylic acids is 1. The summed E-state index contributed by atoms with van der Waals surface area (Å²) in [5, 5.41) is 0. The largest absolute Gasteiger partial charge is 0.501 e. The van der Waals surface area contributed by atoms with Crippen LogP contribution in [0.3, 0.4) is 0 Å². The van der Waals surface area contributed by atoms with Gasteiger partial charge in [0.1, 0.15) is 0 Å². The minimum absolute atomic E-state index is 0.0151. The molecule has 2 fully saturated rings. The van der Waals surface area contributed by atoms with Gasteiger partial charge in [0, 0.05) is 11.0 Å². The maximum absolute atomic E-state index is 12.3. The lowest BCUT2D eigenvalue weighted by Gasteiger charge is -2.32. The van der Waals surface area contributed by atoms with Gasteiger partial charge in [0.05, 0.1) is 12.9 Å². The van der Waals surface area contributed by atoms with Crippen LogP contribution in [0.2, 0.25) is 0 Å². The van der Waals surface area contributed by atoms with Gasteiger partial charge in [-0.05, 0) is 39.0 Å². The maximum atomic E-state index is 12.3. The van der Waals surface area contributed by atoms with E-state index in [1.807, 2.05) is 6.92 Å². The smallest absolute Gasteiger partial charge is 0.168 e. The molecule has 0 aromatic rings. The minimum Gasteiger partial charge on any atom is -0.501 e. The number of hydrogen-bond acceptors (Lipinski definition) is 2. The van der Waals surface area contributed by atoms with Crippen LogP contribution in [0.25, 0.3) is 0 Å². The lowest BCUT2D eigenvalue weighted by molar-refractivity contribution is -0.126. The molecule has 1 spiro atoms. The molecule has 0 atom stereocenters. The number of ketones is 1. The number of carbonyl (C=O) groups is 1. The lowest BCUT2D eigenvalue weighted by atomic mass is 9.70. The molecule has 0 amide bonds. The molecule has 84 valence electrons. The Balaban J connectivity index is 2.13. The van der Waals surface area contributed by atoms with E-state index in [2.05, 4.69) is 0 Å². The van der Waals surface area contributed by atoms with Crippen molar-refractivity contribution in [2.75, 3.05) is 6.61 Å². The van der Waals surface area contributed by atoms with Gasteiger partial charge in [-0.25, -0.2) is 0 Å². The monoisotopic (exact) mass is 208 g/mol. The van der Waals surface area contributed by atoms with Crippen LogP contribution >= 0.6 is 0 Å². The summed E-state index contributed by atoms with van der Waals surface area (Å²) in [6.45, 7) is 2.61. The first kappa shape index (κ1) is 10.7. The van der Waals surface area contributed by atoms with Gasteiger partial charge in [-0.15, -0.1) is 0 Å². The van der Waals surface area contributed by atoms with E-state index < -0.39 is 0 Å². The van der Waals surface area contributed by atoms with E-state index in [9.17, 15) is 4.79 Å². The summed E-state index contributed by atoms with van der Waals surface area (Å²) in [5.74, 6) is 0.389. The van der Waals surface area contributed by atoms with Gasteiger partial charge >= 0.3 is 0 Å². The molecule has 0 radical (unpaired) electrons. The van der Waals surface area contributed by atoms with Crippen molar-refractivity contribution in [2.45, 2.75) is 51.9 Å². The zero-order chi connectivity index (χ0) is 10.7. The van der Waals surface area contributed by atoms with Crippen LogP contribution in [-0.2, 0) is 9.53 Å². The first-order chi connectivity index (χ1) is 7.28. The highest BCUT2D eigenvalue weighted by atomic mass is 16.5. The van der Waals surface area contributed by atoms with Gasteiger partial charge in [-0.3, -0.25) is 4.79 Å². The lowest BCUT2D eigenvalue weighted by Crippen LogP contribution is -2.33. The molecule has 0 aromatic carbocycles. The Morgan fingerprint density at radius 2 is 1.93 bits per heavy atom. The summed E-state index contributed by atoms with van der Waals surface area (Å²) in [6, 6.07) is 0. The summed E-state index contributed by atoms with van der Waals surface area (Å²) in [6.07, 6.45) is 9.56. The predicted molar refractivity (Wildman–Crippen MR) is 59.5 cm³/mol. The van der Waals surface area contributed by atoms with E-state index in [-0.39, 0.29) is 5.41 Å². The Labute approximate surface area is 91.7 Å². The van der Waals surface area contributed by atoms with Crippen LogP contribution in [0.1, 0.15) is 51.9 Å². The van der Waals surface area contributed by atoms with Gasteiger partial charge in [0.2, 0.25) is 0 Å². The van der Waals surface area contributed by atoms with Crippen LogP contribution < -0.4 is 0 Å². The molecule has 0 heterocycles. The van der Waals surface area contributed by atoms with Crippen LogP contribution in [0.4, 0.5) is 0 Å². The fourth-order valence-electron chi connectivity index (χ4n) is 3.01. The maximum Gasteiger partial charge on any atom is 0.168 e. The van der Waals surface area contributed by atoms with Crippen molar-refractivity contribution < 1.29 is 9.53 Å². The second kappa shape index (κ2) is 4.38. The molecule has 2 aliphatic rings. The van der Waals surface area contributed by atoms with Gasteiger partial charge in [0.25, 0.3) is 0 Å². The second-order valence-corrected chi connectivity index (χ2v) is 4.77. The Morgan fingerprint density at radius 3 is 2.60 bits per heavy atom. The highest BCUT2D eigenvalue weighted by Gasteiger charge is 2.44. The predicted octanol–water partition coefficient (Wildman–Crippen LogP) is 3.22. The summed E-state index contributed by atoms with van der Waals surface area (Å²) >= 11 is 0. The van der Waals surface area contributed by atoms with Gasteiger partial charge < -0.3 is 4.74 Å².